The summed E-state index contributed by atoms with van der Waals surface area (Å²) in [7, 11) is 0. The molecule has 1 aromatic carbocycles. The van der Waals surface area contributed by atoms with Crippen LogP contribution in [0.15, 0.2) is 24.3 Å². The molecule has 172 valence electrons. The summed E-state index contributed by atoms with van der Waals surface area (Å²) in [6.45, 7) is 13.2. The number of carbonyl (C=O) groups is 3. The minimum atomic E-state index is -0.560. The van der Waals surface area contributed by atoms with E-state index in [1.807, 2.05) is 24.3 Å². The van der Waals surface area contributed by atoms with Crippen molar-refractivity contribution < 1.29 is 19.1 Å². The lowest BCUT2D eigenvalue weighted by molar-refractivity contribution is -0.132. The molecule has 0 atom stereocenters. The number of ether oxygens (including phenoxy) is 1. The number of benzene rings is 1. The Balaban J connectivity index is 1.72. The highest BCUT2D eigenvalue weighted by atomic mass is 16.6. The Hall–Kier alpha value is -2.57. The summed E-state index contributed by atoms with van der Waals surface area (Å²) >= 11 is 0. The number of carbonyl (C=O) groups excluding carboxylic acids is 3. The van der Waals surface area contributed by atoms with E-state index in [0.29, 0.717) is 18.7 Å². The van der Waals surface area contributed by atoms with Crippen LogP contribution in [0.4, 0.5) is 4.79 Å². The zero-order valence-corrected chi connectivity index (χ0v) is 19.7. The SMILES string of the molecule is CC(C)(C)OC(=O)NCCC(=O)N1CCC(NC(=O)c2ccc(C(C)(C)C)cc2)CC1. The minimum Gasteiger partial charge on any atom is -0.444 e. The van der Waals surface area contributed by atoms with Crippen molar-refractivity contribution in [2.24, 2.45) is 0 Å². The zero-order valence-electron chi connectivity index (χ0n) is 19.7. The van der Waals surface area contributed by atoms with E-state index in [-0.39, 0.29) is 36.2 Å². The third-order valence-corrected chi connectivity index (χ3v) is 5.20. The Labute approximate surface area is 185 Å². The fraction of sp³-hybridized carbons (Fsp3) is 0.625. The Bertz CT molecular complexity index is 767. The van der Waals surface area contributed by atoms with Crippen LogP contribution in [0.5, 0.6) is 0 Å². The molecule has 31 heavy (non-hydrogen) atoms. The molecule has 1 fully saturated rings. The van der Waals surface area contributed by atoms with Crippen molar-refractivity contribution >= 4 is 17.9 Å². The van der Waals surface area contributed by atoms with Crippen molar-refractivity contribution in [3.05, 3.63) is 35.4 Å². The highest BCUT2D eigenvalue weighted by molar-refractivity contribution is 5.94. The van der Waals surface area contributed by atoms with Gasteiger partial charge in [0.1, 0.15) is 5.60 Å². The molecule has 1 aliphatic heterocycles. The average molecular weight is 432 g/mol. The molecule has 0 bridgehead atoms. The van der Waals surface area contributed by atoms with Crippen LogP contribution in [0.1, 0.15) is 76.7 Å². The second-order valence-electron chi connectivity index (χ2n) is 10.1. The first-order chi connectivity index (χ1) is 14.3. The van der Waals surface area contributed by atoms with E-state index >= 15 is 0 Å². The van der Waals surface area contributed by atoms with Crippen LogP contribution in [-0.2, 0) is 14.9 Å². The van der Waals surface area contributed by atoms with Gasteiger partial charge in [0, 0.05) is 37.7 Å². The molecule has 7 nitrogen and oxygen atoms in total. The van der Waals surface area contributed by atoms with Crippen LogP contribution in [0, 0.1) is 0 Å². The quantitative estimate of drug-likeness (QED) is 0.745. The highest BCUT2D eigenvalue weighted by Crippen LogP contribution is 2.22. The molecule has 1 heterocycles. The molecule has 1 aliphatic rings. The molecule has 0 aromatic heterocycles. The first-order valence-corrected chi connectivity index (χ1v) is 11.0. The zero-order chi connectivity index (χ0) is 23.2. The van der Waals surface area contributed by atoms with Gasteiger partial charge in [-0.05, 0) is 56.7 Å². The number of likely N-dealkylation sites (tertiary alicyclic amines) is 1. The number of piperidine rings is 1. The van der Waals surface area contributed by atoms with Crippen LogP contribution in [0.25, 0.3) is 0 Å². The van der Waals surface area contributed by atoms with Gasteiger partial charge < -0.3 is 20.3 Å². The first-order valence-electron chi connectivity index (χ1n) is 11.0. The number of nitrogens with one attached hydrogen (secondary N) is 2. The predicted octanol–water partition coefficient (Wildman–Crippen LogP) is 3.62. The van der Waals surface area contributed by atoms with Crippen molar-refractivity contribution in [2.45, 2.75) is 77.9 Å². The molecule has 3 amide bonds. The molecule has 1 saturated heterocycles. The van der Waals surface area contributed by atoms with Crippen LogP contribution >= 0.6 is 0 Å². The molecule has 1 aromatic rings. The maximum atomic E-state index is 12.5. The number of alkyl carbamates (subject to hydrolysis) is 1. The van der Waals surface area contributed by atoms with Gasteiger partial charge in [-0.25, -0.2) is 4.79 Å². The van der Waals surface area contributed by atoms with Crippen molar-refractivity contribution in [2.75, 3.05) is 19.6 Å². The van der Waals surface area contributed by atoms with E-state index in [0.717, 1.165) is 12.8 Å². The summed E-state index contributed by atoms with van der Waals surface area (Å²) in [6, 6.07) is 7.79. The minimum absolute atomic E-state index is 0.00129. The third kappa shape index (κ3) is 8.23. The van der Waals surface area contributed by atoms with Gasteiger partial charge in [-0.1, -0.05) is 32.9 Å². The van der Waals surface area contributed by atoms with Crippen LogP contribution in [0.3, 0.4) is 0 Å². The first kappa shape index (κ1) is 24.7. The molecule has 0 radical (unpaired) electrons. The van der Waals surface area contributed by atoms with Crippen molar-refractivity contribution in [1.29, 1.82) is 0 Å². The smallest absolute Gasteiger partial charge is 0.407 e. The van der Waals surface area contributed by atoms with E-state index in [1.54, 1.807) is 25.7 Å². The standard InChI is InChI=1S/C24H37N3O4/c1-23(2,3)18-9-7-17(8-10-18)21(29)26-19-12-15-27(16-13-19)20(28)11-14-25-22(30)31-24(4,5)6/h7-10,19H,11-16H2,1-6H3,(H,25,30)(H,26,29). The van der Waals surface area contributed by atoms with Gasteiger partial charge in [0.2, 0.25) is 5.91 Å². The summed E-state index contributed by atoms with van der Waals surface area (Å²) < 4.78 is 5.16. The number of amides is 3. The predicted molar refractivity (Wildman–Crippen MR) is 121 cm³/mol. The number of hydrogen-bond donors (Lipinski definition) is 2. The lowest BCUT2D eigenvalue weighted by atomic mass is 9.86. The molecular formula is C24H37N3O4. The number of rotatable bonds is 5. The highest BCUT2D eigenvalue weighted by Gasteiger charge is 2.24. The summed E-state index contributed by atoms with van der Waals surface area (Å²) in [5.74, 6) is -0.0783. The second kappa shape index (κ2) is 10.2. The van der Waals surface area contributed by atoms with Crippen LogP contribution in [0.2, 0.25) is 0 Å². The topological polar surface area (TPSA) is 87.7 Å². The van der Waals surface area contributed by atoms with Crippen molar-refractivity contribution in [3.63, 3.8) is 0 Å². The Morgan fingerprint density at radius 1 is 1.00 bits per heavy atom. The van der Waals surface area contributed by atoms with E-state index < -0.39 is 11.7 Å². The van der Waals surface area contributed by atoms with Gasteiger partial charge >= 0.3 is 6.09 Å². The number of nitrogens with zero attached hydrogens (tertiary/aromatic N) is 1. The second-order valence-corrected chi connectivity index (χ2v) is 10.1. The van der Waals surface area contributed by atoms with Crippen LogP contribution in [-0.4, -0.2) is 54.1 Å². The molecular weight excluding hydrogens is 394 g/mol. The van der Waals surface area contributed by atoms with Gasteiger partial charge in [-0.3, -0.25) is 9.59 Å². The maximum Gasteiger partial charge on any atom is 0.407 e. The van der Waals surface area contributed by atoms with Crippen molar-refractivity contribution in [3.8, 4) is 0 Å². The molecule has 2 rings (SSSR count). The van der Waals surface area contributed by atoms with Gasteiger partial charge in [0.25, 0.3) is 5.91 Å². The Morgan fingerprint density at radius 3 is 2.10 bits per heavy atom. The van der Waals surface area contributed by atoms with E-state index in [1.165, 1.54) is 5.56 Å². The fourth-order valence-corrected chi connectivity index (χ4v) is 3.41. The normalized spacial score (nSPS) is 15.4. The maximum absolute atomic E-state index is 12.5. The summed E-state index contributed by atoms with van der Waals surface area (Å²) in [5, 5.41) is 5.69. The van der Waals surface area contributed by atoms with Gasteiger partial charge in [0.05, 0.1) is 0 Å². The monoisotopic (exact) mass is 431 g/mol. The Morgan fingerprint density at radius 2 is 1.58 bits per heavy atom. The molecule has 0 saturated carbocycles. The fourth-order valence-electron chi connectivity index (χ4n) is 3.41. The summed E-state index contributed by atoms with van der Waals surface area (Å²) in [5.41, 5.74) is 1.34. The Kier molecular flexibility index (Phi) is 8.09. The van der Waals surface area contributed by atoms with Gasteiger partial charge in [-0.15, -0.1) is 0 Å². The van der Waals surface area contributed by atoms with Gasteiger partial charge in [-0.2, -0.15) is 0 Å². The number of hydrogen-bond acceptors (Lipinski definition) is 4. The third-order valence-electron chi connectivity index (χ3n) is 5.20. The molecule has 0 aliphatic carbocycles. The largest absolute Gasteiger partial charge is 0.444 e. The average Bonchev–Trinajstić information content (AvgIpc) is 2.66. The summed E-state index contributed by atoms with van der Waals surface area (Å²) in [4.78, 5) is 38.4. The van der Waals surface area contributed by atoms with E-state index in [4.69, 9.17) is 4.74 Å². The van der Waals surface area contributed by atoms with Gasteiger partial charge in [0.15, 0.2) is 0 Å². The lowest BCUT2D eigenvalue weighted by Gasteiger charge is -2.32. The van der Waals surface area contributed by atoms with E-state index in [9.17, 15) is 14.4 Å². The molecule has 0 unspecified atom stereocenters. The molecule has 2 N–H and O–H groups in total. The lowest BCUT2D eigenvalue weighted by Crippen LogP contribution is -2.47. The summed E-state index contributed by atoms with van der Waals surface area (Å²) in [6.07, 6.45) is 1.15. The van der Waals surface area contributed by atoms with Crippen molar-refractivity contribution in [1.82, 2.24) is 15.5 Å². The van der Waals surface area contributed by atoms with Crippen LogP contribution < -0.4 is 10.6 Å². The molecule has 0 spiro atoms. The molecule has 7 heteroatoms. The van der Waals surface area contributed by atoms with E-state index in [2.05, 4.69) is 31.4 Å².